The number of halogens is 1. The van der Waals surface area contributed by atoms with Gasteiger partial charge in [-0.25, -0.2) is 0 Å². The summed E-state index contributed by atoms with van der Waals surface area (Å²) in [6, 6.07) is 6.32. The van der Waals surface area contributed by atoms with E-state index >= 15 is 0 Å². The van der Waals surface area contributed by atoms with Crippen LogP contribution in [0.4, 0.5) is 0 Å². The van der Waals surface area contributed by atoms with Gasteiger partial charge in [0.1, 0.15) is 0 Å². The van der Waals surface area contributed by atoms with E-state index < -0.39 is 0 Å². The van der Waals surface area contributed by atoms with E-state index in [1.807, 2.05) is 17.8 Å². The molecule has 0 spiro atoms. The molecule has 1 nitrogen and oxygen atoms in total. The molecule has 2 rings (SSSR count). The molecule has 1 aliphatic carbocycles. The van der Waals surface area contributed by atoms with E-state index in [1.165, 1.54) is 36.1 Å². The van der Waals surface area contributed by atoms with E-state index in [4.69, 9.17) is 11.6 Å². The van der Waals surface area contributed by atoms with Gasteiger partial charge < -0.3 is 5.32 Å². The molecule has 0 aliphatic heterocycles. The molecule has 2 unspecified atom stereocenters. The third-order valence-corrected chi connectivity index (χ3v) is 6.00. The van der Waals surface area contributed by atoms with Crippen molar-refractivity contribution in [3.63, 3.8) is 0 Å². The van der Waals surface area contributed by atoms with Gasteiger partial charge in [-0.1, -0.05) is 57.3 Å². The molecule has 1 fully saturated rings. The van der Waals surface area contributed by atoms with Crippen LogP contribution in [0.25, 0.3) is 0 Å². The van der Waals surface area contributed by atoms with Crippen molar-refractivity contribution < 1.29 is 0 Å². The second-order valence-electron chi connectivity index (χ2n) is 6.76. The van der Waals surface area contributed by atoms with Gasteiger partial charge in [-0.05, 0) is 42.9 Å². The van der Waals surface area contributed by atoms with Crippen LogP contribution in [0.3, 0.4) is 0 Å². The van der Waals surface area contributed by atoms with Crippen LogP contribution in [-0.4, -0.2) is 11.8 Å². The van der Waals surface area contributed by atoms with Gasteiger partial charge in [-0.3, -0.25) is 0 Å². The second-order valence-corrected chi connectivity index (χ2v) is 8.48. The molecule has 0 amide bonds. The zero-order chi connectivity index (χ0) is 15.2. The Hall–Kier alpha value is -0.180. The summed E-state index contributed by atoms with van der Waals surface area (Å²) in [6.07, 6.45) is 5.42. The Balaban J connectivity index is 2.02. The molecule has 1 N–H and O–H groups in total. The average Bonchev–Trinajstić information content (AvgIpc) is 2.42. The first-order valence-electron chi connectivity index (χ1n) is 8.21. The summed E-state index contributed by atoms with van der Waals surface area (Å²) in [4.78, 5) is 1.30. The lowest BCUT2D eigenvalue weighted by Crippen LogP contribution is -2.20. The molecule has 3 heteroatoms. The number of hydrogen-bond acceptors (Lipinski definition) is 2. The largest absolute Gasteiger partial charge is 0.312 e. The van der Waals surface area contributed by atoms with Gasteiger partial charge in [0.15, 0.2) is 0 Å². The van der Waals surface area contributed by atoms with Crippen LogP contribution in [0.5, 0.6) is 0 Å². The maximum absolute atomic E-state index is 6.48. The zero-order valence-corrected chi connectivity index (χ0v) is 15.1. The highest BCUT2D eigenvalue weighted by atomic mass is 35.5. The van der Waals surface area contributed by atoms with Gasteiger partial charge in [0.05, 0.1) is 5.02 Å². The molecule has 1 saturated carbocycles. The van der Waals surface area contributed by atoms with Crippen molar-refractivity contribution in [1.29, 1.82) is 0 Å². The molecule has 21 heavy (non-hydrogen) atoms. The van der Waals surface area contributed by atoms with Gasteiger partial charge in [-0.15, -0.1) is 11.8 Å². The summed E-state index contributed by atoms with van der Waals surface area (Å²) in [6.45, 7) is 8.83. The van der Waals surface area contributed by atoms with Crippen LogP contribution in [0.15, 0.2) is 23.1 Å². The summed E-state index contributed by atoms with van der Waals surface area (Å²) in [7, 11) is 0. The minimum Gasteiger partial charge on any atom is -0.312 e. The monoisotopic (exact) mass is 325 g/mol. The first-order chi connectivity index (χ1) is 10.1. The maximum Gasteiger partial charge on any atom is 0.0545 e. The first kappa shape index (κ1) is 17.2. The Kier molecular flexibility index (Phi) is 6.91. The molecule has 1 aromatic rings. The predicted octanol–water partition coefficient (Wildman–Crippen LogP) is 5.76. The summed E-state index contributed by atoms with van der Waals surface area (Å²) in [5, 5.41) is 5.20. The highest BCUT2D eigenvalue weighted by Gasteiger charge is 2.21. The highest BCUT2D eigenvalue weighted by molar-refractivity contribution is 8.00. The molecule has 1 aromatic carbocycles. The fraction of sp³-hybridized carbons (Fsp3) is 0.667. The molecular weight excluding hydrogens is 298 g/mol. The fourth-order valence-corrected chi connectivity index (χ4v) is 4.81. The van der Waals surface area contributed by atoms with Crippen LogP contribution in [0.2, 0.25) is 5.02 Å². The Bertz CT molecular complexity index is 447. The van der Waals surface area contributed by atoms with Crippen LogP contribution in [0, 0.1) is 11.8 Å². The second kappa shape index (κ2) is 8.45. The Morgan fingerprint density at radius 2 is 2.14 bits per heavy atom. The molecular formula is C18H28ClNS. The lowest BCUT2D eigenvalue weighted by molar-refractivity contribution is 0.394. The summed E-state index contributed by atoms with van der Waals surface area (Å²) < 4.78 is 0. The molecule has 0 aromatic heterocycles. The number of thioether (sulfide) groups is 1. The average molecular weight is 326 g/mol. The number of nitrogens with one attached hydrogen (secondary N) is 1. The quantitative estimate of drug-likeness (QED) is 0.714. The number of benzene rings is 1. The molecule has 0 radical (unpaired) electrons. The van der Waals surface area contributed by atoms with Crippen molar-refractivity contribution in [2.24, 2.45) is 11.8 Å². The number of rotatable bonds is 6. The lowest BCUT2D eigenvalue weighted by atomic mass is 9.91. The Labute approximate surface area is 139 Å². The molecule has 0 heterocycles. The minimum atomic E-state index is 0.680. The lowest BCUT2D eigenvalue weighted by Gasteiger charge is -2.27. The Morgan fingerprint density at radius 3 is 2.86 bits per heavy atom. The maximum atomic E-state index is 6.48. The van der Waals surface area contributed by atoms with Crippen molar-refractivity contribution in [2.45, 2.75) is 63.1 Å². The van der Waals surface area contributed by atoms with Crippen LogP contribution < -0.4 is 5.32 Å². The van der Waals surface area contributed by atoms with E-state index in [0.29, 0.717) is 5.92 Å². The predicted molar refractivity (Wildman–Crippen MR) is 95.3 cm³/mol. The molecule has 0 bridgehead atoms. The minimum absolute atomic E-state index is 0.680. The standard InChI is InChI=1S/C18H28ClNS/c1-13(2)11-20-12-15-7-5-9-17(19)18(15)21-16-8-4-6-14(3)10-16/h5,7,9,13-14,16,20H,4,6,8,10-12H2,1-3H3. The van der Waals surface area contributed by atoms with Gasteiger partial charge in [-0.2, -0.15) is 0 Å². The Morgan fingerprint density at radius 1 is 1.33 bits per heavy atom. The molecule has 0 saturated heterocycles. The van der Waals surface area contributed by atoms with Crippen LogP contribution in [0.1, 0.15) is 52.0 Å². The van der Waals surface area contributed by atoms with Crippen molar-refractivity contribution in [3.8, 4) is 0 Å². The molecule has 118 valence electrons. The van der Waals surface area contributed by atoms with E-state index in [-0.39, 0.29) is 0 Å². The van der Waals surface area contributed by atoms with Crippen LogP contribution >= 0.6 is 23.4 Å². The summed E-state index contributed by atoms with van der Waals surface area (Å²) in [5.74, 6) is 1.54. The molecule has 1 aliphatic rings. The zero-order valence-electron chi connectivity index (χ0n) is 13.5. The topological polar surface area (TPSA) is 12.0 Å². The molecule has 2 atom stereocenters. The van der Waals surface area contributed by atoms with E-state index in [0.717, 1.165) is 29.3 Å². The normalized spacial score (nSPS) is 22.7. The fourth-order valence-electron chi connectivity index (χ4n) is 2.97. The van der Waals surface area contributed by atoms with Gasteiger partial charge in [0, 0.05) is 16.7 Å². The van der Waals surface area contributed by atoms with Crippen molar-refractivity contribution >= 4 is 23.4 Å². The SMILES string of the molecule is CC(C)CNCc1cccc(Cl)c1SC1CCCC(C)C1. The smallest absolute Gasteiger partial charge is 0.0545 e. The van der Waals surface area contributed by atoms with Gasteiger partial charge in [0.25, 0.3) is 0 Å². The van der Waals surface area contributed by atoms with Gasteiger partial charge >= 0.3 is 0 Å². The third kappa shape index (κ3) is 5.50. The highest BCUT2D eigenvalue weighted by Crippen LogP contribution is 2.40. The summed E-state index contributed by atoms with van der Waals surface area (Å²) in [5.41, 5.74) is 1.35. The first-order valence-corrected chi connectivity index (χ1v) is 9.46. The third-order valence-electron chi connectivity index (χ3n) is 4.09. The van der Waals surface area contributed by atoms with E-state index in [2.05, 4.69) is 38.2 Å². The van der Waals surface area contributed by atoms with Crippen LogP contribution in [-0.2, 0) is 6.54 Å². The van der Waals surface area contributed by atoms with Crippen molar-refractivity contribution in [3.05, 3.63) is 28.8 Å². The van der Waals surface area contributed by atoms with Crippen molar-refractivity contribution in [2.75, 3.05) is 6.54 Å². The van der Waals surface area contributed by atoms with E-state index in [1.54, 1.807) is 0 Å². The number of hydrogen-bond donors (Lipinski definition) is 1. The van der Waals surface area contributed by atoms with E-state index in [9.17, 15) is 0 Å². The summed E-state index contributed by atoms with van der Waals surface area (Å²) >= 11 is 8.49. The van der Waals surface area contributed by atoms with Crippen molar-refractivity contribution in [1.82, 2.24) is 5.32 Å². The van der Waals surface area contributed by atoms with Gasteiger partial charge in [0.2, 0.25) is 0 Å².